The second kappa shape index (κ2) is 8.18. The Kier molecular flexibility index (Phi) is 6.24. The molecule has 0 spiro atoms. The highest BCUT2D eigenvalue weighted by Gasteiger charge is 2.26. The van der Waals surface area contributed by atoms with Crippen LogP contribution < -0.4 is 0 Å². The van der Waals surface area contributed by atoms with Crippen LogP contribution in [0.25, 0.3) is 0 Å². The zero-order valence-corrected chi connectivity index (χ0v) is 13.3. The summed E-state index contributed by atoms with van der Waals surface area (Å²) in [7, 11) is 0. The summed E-state index contributed by atoms with van der Waals surface area (Å²) in [6, 6.07) is 10.9. The average molecular weight is 289 g/mol. The fourth-order valence-electron chi connectivity index (χ4n) is 3.21. The van der Waals surface area contributed by atoms with Crippen molar-refractivity contribution in [1.82, 2.24) is 4.90 Å². The summed E-state index contributed by atoms with van der Waals surface area (Å²) in [5.41, 5.74) is 1.35. The Hall–Kier alpha value is -1.35. The largest absolute Gasteiger partial charge is 0.466 e. The zero-order valence-electron chi connectivity index (χ0n) is 13.3. The molecule has 0 aliphatic carbocycles. The van der Waals surface area contributed by atoms with Gasteiger partial charge in [0.1, 0.15) is 0 Å². The van der Waals surface area contributed by atoms with Crippen molar-refractivity contribution in [2.45, 2.75) is 51.5 Å². The van der Waals surface area contributed by atoms with Crippen LogP contribution in [0.2, 0.25) is 0 Å². The summed E-state index contributed by atoms with van der Waals surface area (Å²) in [5.74, 6) is 0.404. The van der Waals surface area contributed by atoms with Crippen LogP contribution in [0.1, 0.15) is 51.0 Å². The lowest BCUT2D eigenvalue weighted by atomic mass is 9.92. The molecule has 1 saturated heterocycles. The van der Waals surface area contributed by atoms with E-state index in [0.717, 1.165) is 19.5 Å². The normalized spacial score (nSPS) is 18.4. The first-order chi connectivity index (χ1) is 10.2. The first-order valence-corrected chi connectivity index (χ1v) is 8.15. The van der Waals surface area contributed by atoms with E-state index in [-0.39, 0.29) is 5.97 Å². The zero-order chi connectivity index (χ0) is 15.1. The van der Waals surface area contributed by atoms with Crippen molar-refractivity contribution in [3.63, 3.8) is 0 Å². The van der Waals surface area contributed by atoms with Gasteiger partial charge in [0.25, 0.3) is 0 Å². The van der Waals surface area contributed by atoms with E-state index in [2.05, 4.69) is 36.1 Å². The lowest BCUT2D eigenvalue weighted by Gasteiger charge is -2.29. The maximum atomic E-state index is 11.9. The summed E-state index contributed by atoms with van der Waals surface area (Å²) < 4.78 is 5.15. The van der Waals surface area contributed by atoms with E-state index in [1.54, 1.807) is 0 Å². The molecule has 0 bridgehead atoms. The second-order valence-corrected chi connectivity index (χ2v) is 5.95. The Bertz CT molecular complexity index is 426. The number of esters is 1. The van der Waals surface area contributed by atoms with Crippen LogP contribution >= 0.6 is 0 Å². The lowest BCUT2D eigenvalue weighted by molar-refractivity contribution is -0.144. The molecule has 1 aliphatic heterocycles. The average Bonchev–Trinajstić information content (AvgIpc) is 3.02. The molecule has 1 aromatic carbocycles. The molecular weight excluding hydrogens is 262 g/mol. The molecule has 1 fully saturated rings. The quantitative estimate of drug-likeness (QED) is 0.718. The second-order valence-electron chi connectivity index (χ2n) is 5.95. The molecule has 21 heavy (non-hydrogen) atoms. The van der Waals surface area contributed by atoms with Crippen LogP contribution in [0.3, 0.4) is 0 Å². The van der Waals surface area contributed by atoms with Gasteiger partial charge in [0.2, 0.25) is 0 Å². The van der Waals surface area contributed by atoms with Crippen LogP contribution in [0.15, 0.2) is 30.3 Å². The standard InChI is InChI=1S/C18H27NO2/c1-3-21-18(20)14-17(19-11-7-8-12-19)13-15(2)16-9-5-4-6-10-16/h4-6,9-10,15,17H,3,7-8,11-14H2,1-2H3. The van der Waals surface area contributed by atoms with E-state index in [9.17, 15) is 4.79 Å². The van der Waals surface area contributed by atoms with Crippen molar-refractivity contribution in [1.29, 1.82) is 0 Å². The monoisotopic (exact) mass is 289 g/mol. The number of rotatable bonds is 7. The number of carbonyl (C=O) groups is 1. The van der Waals surface area contributed by atoms with E-state index in [0.29, 0.717) is 25.0 Å². The molecular formula is C18H27NO2. The van der Waals surface area contributed by atoms with Gasteiger partial charge in [-0.25, -0.2) is 0 Å². The topological polar surface area (TPSA) is 29.5 Å². The predicted molar refractivity (Wildman–Crippen MR) is 85.3 cm³/mol. The first-order valence-electron chi connectivity index (χ1n) is 8.15. The van der Waals surface area contributed by atoms with Crippen molar-refractivity contribution in [3.05, 3.63) is 35.9 Å². The van der Waals surface area contributed by atoms with Gasteiger partial charge in [-0.2, -0.15) is 0 Å². The van der Waals surface area contributed by atoms with Crippen molar-refractivity contribution in [2.24, 2.45) is 0 Å². The van der Waals surface area contributed by atoms with Crippen LogP contribution in [-0.2, 0) is 9.53 Å². The Morgan fingerprint density at radius 2 is 1.90 bits per heavy atom. The summed E-state index contributed by atoms with van der Waals surface area (Å²) in [6.45, 7) is 6.83. The minimum atomic E-state index is -0.0605. The minimum absolute atomic E-state index is 0.0605. The predicted octanol–water partition coefficient (Wildman–Crippen LogP) is 3.60. The van der Waals surface area contributed by atoms with Gasteiger partial charge in [-0.3, -0.25) is 9.69 Å². The van der Waals surface area contributed by atoms with E-state index < -0.39 is 0 Å². The number of ether oxygens (including phenoxy) is 1. The van der Waals surface area contributed by atoms with Crippen molar-refractivity contribution in [2.75, 3.05) is 19.7 Å². The summed E-state index contributed by atoms with van der Waals surface area (Å²) in [5, 5.41) is 0. The molecule has 0 saturated carbocycles. The maximum absolute atomic E-state index is 11.9. The van der Waals surface area contributed by atoms with Gasteiger partial charge in [-0.1, -0.05) is 37.3 Å². The molecule has 0 radical (unpaired) electrons. The smallest absolute Gasteiger partial charge is 0.307 e. The van der Waals surface area contributed by atoms with Gasteiger partial charge >= 0.3 is 5.97 Å². The molecule has 2 rings (SSSR count). The van der Waals surface area contributed by atoms with Gasteiger partial charge in [-0.15, -0.1) is 0 Å². The van der Waals surface area contributed by atoms with Crippen molar-refractivity contribution >= 4 is 5.97 Å². The number of hydrogen-bond acceptors (Lipinski definition) is 3. The van der Waals surface area contributed by atoms with Crippen LogP contribution in [0.5, 0.6) is 0 Å². The Balaban J connectivity index is 1.99. The van der Waals surface area contributed by atoms with Crippen molar-refractivity contribution < 1.29 is 9.53 Å². The number of carbonyl (C=O) groups excluding carboxylic acids is 1. The molecule has 116 valence electrons. The van der Waals surface area contributed by atoms with Crippen molar-refractivity contribution in [3.8, 4) is 0 Å². The van der Waals surface area contributed by atoms with Gasteiger partial charge in [0.15, 0.2) is 0 Å². The fourth-order valence-corrected chi connectivity index (χ4v) is 3.21. The Labute approximate surface area is 128 Å². The van der Waals surface area contributed by atoms with E-state index in [1.807, 2.05) is 13.0 Å². The third kappa shape index (κ3) is 4.85. The molecule has 3 heteroatoms. The highest BCUT2D eigenvalue weighted by atomic mass is 16.5. The van der Waals surface area contributed by atoms with Crippen LogP contribution in [-0.4, -0.2) is 36.6 Å². The van der Waals surface area contributed by atoms with Gasteiger partial charge in [-0.05, 0) is 50.8 Å². The van der Waals surface area contributed by atoms with Gasteiger partial charge in [0.05, 0.1) is 13.0 Å². The third-order valence-electron chi connectivity index (χ3n) is 4.36. The number of hydrogen-bond donors (Lipinski definition) is 0. The highest BCUT2D eigenvalue weighted by Crippen LogP contribution is 2.26. The van der Waals surface area contributed by atoms with Crippen LogP contribution in [0.4, 0.5) is 0 Å². The number of nitrogens with zero attached hydrogens (tertiary/aromatic N) is 1. The van der Waals surface area contributed by atoms with E-state index >= 15 is 0 Å². The first kappa shape index (κ1) is 16.0. The third-order valence-corrected chi connectivity index (χ3v) is 4.36. The number of likely N-dealkylation sites (tertiary alicyclic amines) is 1. The van der Waals surface area contributed by atoms with E-state index in [4.69, 9.17) is 4.74 Å². The van der Waals surface area contributed by atoms with E-state index in [1.165, 1.54) is 18.4 Å². The molecule has 0 N–H and O–H groups in total. The molecule has 0 aromatic heterocycles. The highest BCUT2D eigenvalue weighted by molar-refractivity contribution is 5.70. The van der Waals surface area contributed by atoms with Gasteiger partial charge in [0, 0.05) is 6.04 Å². The molecule has 2 unspecified atom stereocenters. The maximum Gasteiger partial charge on any atom is 0.307 e. The SMILES string of the molecule is CCOC(=O)CC(CC(C)c1ccccc1)N1CCCC1. The minimum Gasteiger partial charge on any atom is -0.466 e. The molecule has 0 amide bonds. The summed E-state index contributed by atoms with van der Waals surface area (Å²) >= 11 is 0. The Morgan fingerprint density at radius 3 is 2.52 bits per heavy atom. The number of benzene rings is 1. The molecule has 1 aliphatic rings. The molecule has 3 nitrogen and oxygen atoms in total. The lowest BCUT2D eigenvalue weighted by Crippen LogP contribution is -2.36. The molecule has 1 aromatic rings. The fraction of sp³-hybridized carbons (Fsp3) is 0.611. The summed E-state index contributed by atoms with van der Waals surface area (Å²) in [4.78, 5) is 14.3. The Morgan fingerprint density at radius 1 is 1.24 bits per heavy atom. The van der Waals surface area contributed by atoms with Crippen LogP contribution in [0, 0.1) is 0 Å². The molecule has 1 heterocycles. The van der Waals surface area contributed by atoms with Gasteiger partial charge < -0.3 is 4.74 Å². The molecule has 2 atom stereocenters. The summed E-state index contributed by atoms with van der Waals surface area (Å²) in [6.07, 6.45) is 4.03.